The summed E-state index contributed by atoms with van der Waals surface area (Å²) < 4.78 is 5.47. The SMILES string of the molecule is CC.CC(C(=O)OCc1ccccc1)C1(O)CCN(CCCCCc2ccc3c(n2)NCCC3)CC1. The number of nitrogens with one attached hydrogen (secondary N) is 1. The third-order valence-electron chi connectivity index (χ3n) is 7.46. The van der Waals surface area contributed by atoms with Gasteiger partial charge in [0, 0.05) is 25.3 Å². The molecule has 0 bridgehead atoms. The van der Waals surface area contributed by atoms with E-state index in [4.69, 9.17) is 9.72 Å². The number of carbonyl (C=O) groups excluding carboxylic acids is 1. The average molecular weight is 496 g/mol. The van der Waals surface area contributed by atoms with Crippen LogP contribution < -0.4 is 5.32 Å². The van der Waals surface area contributed by atoms with Crippen molar-refractivity contribution < 1.29 is 14.6 Å². The number of ether oxygens (including phenoxy) is 1. The summed E-state index contributed by atoms with van der Waals surface area (Å²) in [5.41, 5.74) is 2.52. The monoisotopic (exact) mass is 495 g/mol. The zero-order valence-electron chi connectivity index (χ0n) is 22.5. The molecule has 198 valence electrons. The standard InChI is InChI=1S/C28H39N3O3.C2H6/c1-22(27(32)34-21-23-9-4-2-5-10-23)28(33)15-19-31(20-16-28)18-7-3-6-12-25-14-13-24-11-8-17-29-26(24)30-25;1-2/h2,4-5,9-10,13-14,22,33H,3,6-8,11-12,15-21H2,1H3,(H,29,30);1-2H3. The van der Waals surface area contributed by atoms with Crippen molar-refractivity contribution in [1.29, 1.82) is 0 Å². The van der Waals surface area contributed by atoms with Crippen LogP contribution >= 0.6 is 0 Å². The van der Waals surface area contributed by atoms with Crippen LogP contribution in [0.5, 0.6) is 0 Å². The molecular formula is C30H45N3O3. The van der Waals surface area contributed by atoms with Gasteiger partial charge in [-0.2, -0.15) is 0 Å². The Kier molecular flexibility index (Phi) is 11.2. The number of fused-ring (bicyclic) bond motifs is 1. The van der Waals surface area contributed by atoms with Crippen LogP contribution in [0.25, 0.3) is 0 Å². The molecule has 6 nitrogen and oxygen atoms in total. The number of aryl methyl sites for hydroxylation is 2. The highest BCUT2D eigenvalue weighted by molar-refractivity contribution is 5.73. The number of esters is 1. The van der Waals surface area contributed by atoms with E-state index in [1.54, 1.807) is 6.92 Å². The normalized spacial score (nSPS) is 17.7. The number of likely N-dealkylation sites (tertiary alicyclic amines) is 1. The van der Waals surface area contributed by atoms with E-state index >= 15 is 0 Å². The highest BCUT2D eigenvalue weighted by atomic mass is 16.5. The molecule has 0 saturated carbocycles. The predicted molar refractivity (Wildman–Crippen MR) is 146 cm³/mol. The zero-order chi connectivity index (χ0) is 25.8. The van der Waals surface area contributed by atoms with Gasteiger partial charge in [0.2, 0.25) is 0 Å². The van der Waals surface area contributed by atoms with Crippen molar-refractivity contribution >= 4 is 11.8 Å². The van der Waals surface area contributed by atoms with E-state index in [1.807, 2.05) is 44.2 Å². The fourth-order valence-electron chi connectivity index (χ4n) is 5.00. The van der Waals surface area contributed by atoms with Gasteiger partial charge in [0.15, 0.2) is 0 Å². The van der Waals surface area contributed by atoms with Crippen LogP contribution in [0, 0.1) is 5.92 Å². The van der Waals surface area contributed by atoms with Crippen molar-refractivity contribution in [3.63, 3.8) is 0 Å². The summed E-state index contributed by atoms with van der Waals surface area (Å²) >= 11 is 0. The van der Waals surface area contributed by atoms with Crippen LogP contribution in [0.3, 0.4) is 0 Å². The van der Waals surface area contributed by atoms with Gasteiger partial charge in [-0.15, -0.1) is 0 Å². The number of aliphatic hydroxyl groups is 1. The number of carbonyl (C=O) groups is 1. The lowest BCUT2D eigenvalue weighted by Gasteiger charge is -2.40. The van der Waals surface area contributed by atoms with Crippen LogP contribution in [0.15, 0.2) is 42.5 Å². The molecule has 2 aromatic rings. The summed E-state index contributed by atoms with van der Waals surface area (Å²) in [7, 11) is 0. The molecule has 4 rings (SSSR count). The number of hydrogen-bond donors (Lipinski definition) is 2. The second-order valence-electron chi connectivity index (χ2n) is 9.91. The van der Waals surface area contributed by atoms with Crippen molar-refractivity contribution in [3.05, 3.63) is 59.3 Å². The second kappa shape index (κ2) is 14.3. The summed E-state index contributed by atoms with van der Waals surface area (Å²) in [5.74, 6) is 0.255. The van der Waals surface area contributed by atoms with E-state index < -0.39 is 11.5 Å². The second-order valence-corrected chi connectivity index (χ2v) is 9.91. The van der Waals surface area contributed by atoms with Gasteiger partial charge in [0.05, 0.1) is 11.5 Å². The molecule has 0 spiro atoms. The molecular weight excluding hydrogens is 450 g/mol. The first-order chi connectivity index (χ1) is 17.5. The van der Waals surface area contributed by atoms with Gasteiger partial charge in [-0.1, -0.05) is 56.7 Å². The first-order valence-electron chi connectivity index (χ1n) is 13.9. The first kappa shape index (κ1) is 28.1. The number of nitrogens with zero attached hydrogens (tertiary/aromatic N) is 2. The molecule has 2 aliphatic heterocycles. The molecule has 1 aromatic heterocycles. The third kappa shape index (κ3) is 8.04. The zero-order valence-corrected chi connectivity index (χ0v) is 22.5. The van der Waals surface area contributed by atoms with E-state index in [1.165, 1.54) is 24.1 Å². The van der Waals surface area contributed by atoms with Gasteiger partial charge in [-0.3, -0.25) is 4.79 Å². The Bertz CT molecular complexity index is 926. The predicted octanol–water partition coefficient (Wildman–Crippen LogP) is 5.39. The number of piperidine rings is 1. The lowest BCUT2D eigenvalue weighted by Crippen LogP contribution is -2.50. The number of pyridine rings is 1. The quantitative estimate of drug-likeness (QED) is 0.340. The van der Waals surface area contributed by atoms with Crippen molar-refractivity contribution in [3.8, 4) is 0 Å². The van der Waals surface area contributed by atoms with E-state index in [2.05, 4.69) is 22.3 Å². The summed E-state index contributed by atoms with van der Waals surface area (Å²) in [6, 6.07) is 14.1. The van der Waals surface area contributed by atoms with Crippen molar-refractivity contribution in [2.45, 2.75) is 84.3 Å². The summed E-state index contributed by atoms with van der Waals surface area (Å²) in [6.45, 7) is 9.77. The van der Waals surface area contributed by atoms with Crippen molar-refractivity contribution in [2.75, 3.05) is 31.5 Å². The van der Waals surface area contributed by atoms with Crippen LogP contribution in [0.1, 0.15) is 76.1 Å². The fraction of sp³-hybridized carbons (Fsp3) is 0.600. The van der Waals surface area contributed by atoms with Gasteiger partial charge in [0.25, 0.3) is 0 Å². The van der Waals surface area contributed by atoms with Gasteiger partial charge in [0.1, 0.15) is 12.4 Å². The highest BCUT2D eigenvalue weighted by Crippen LogP contribution is 2.31. The molecule has 1 unspecified atom stereocenters. The molecule has 1 saturated heterocycles. The number of aromatic nitrogens is 1. The number of anilines is 1. The smallest absolute Gasteiger partial charge is 0.311 e. The van der Waals surface area contributed by atoms with Crippen LogP contribution in [-0.2, 0) is 29.0 Å². The number of hydrogen-bond acceptors (Lipinski definition) is 6. The Morgan fingerprint density at radius 3 is 2.61 bits per heavy atom. The van der Waals surface area contributed by atoms with Crippen LogP contribution in [0.4, 0.5) is 5.82 Å². The lowest BCUT2D eigenvalue weighted by atomic mass is 9.80. The minimum Gasteiger partial charge on any atom is -0.461 e. The van der Waals surface area contributed by atoms with E-state index in [0.29, 0.717) is 12.8 Å². The minimum atomic E-state index is -0.976. The number of unbranched alkanes of at least 4 members (excludes halogenated alkanes) is 2. The van der Waals surface area contributed by atoms with E-state index in [-0.39, 0.29) is 12.6 Å². The van der Waals surface area contributed by atoms with Gasteiger partial charge >= 0.3 is 5.97 Å². The molecule has 36 heavy (non-hydrogen) atoms. The van der Waals surface area contributed by atoms with Gasteiger partial charge < -0.3 is 20.1 Å². The maximum atomic E-state index is 12.5. The average Bonchev–Trinajstić information content (AvgIpc) is 2.93. The molecule has 1 atom stereocenters. The van der Waals surface area contributed by atoms with Crippen molar-refractivity contribution in [1.82, 2.24) is 9.88 Å². The van der Waals surface area contributed by atoms with Gasteiger partial charge in [-0.25, -0.2) is 4.98 Å². The molecule has 1 fully saturated rings. The Hall–Kier alpha value is -2.44. The molecule has 2 N–H and O–H groups in total. The largest absolute Gasteiger partial charge is 0.461 e. The first-order valence-corrected chi connectivity index (χ1v) is 13.9. The maximum absolute atomic E-state index is 12.5. The number of benzene rings is 1. The summed E-state index contributed by atoms with van der Waals surface area (Å²) in [5, 5.41) is 14.5. The molecule has 3 heterocycles. The molecule has 0 radical (unpaired) electrons. The Labute approximate surface area is 217 Å². The molecule has 2 aliphatic rings. The topological polar surface area (TPSA) is 74.7 Å². The Morgan fingerprint density at radius 2 is 1.86 bits per heavy atom. The molecule has 0 amide bonds. The van der Waals surface area contributed by atoms with Crippen LogP contribution in [-0.4, -0.2) is 52.7 Å². The lowest BCUT2D eigenvalue weighted by molar-refractivity contribution is -0.162. The summed E-state index contributed by atoms with van der Waals surface area (Å²) in [4.78, 5) is 19.7. The Balaban J connectivity index is 0.00000176. The van der Waals surface area contributed by atoms with E-state index in [9.17, 15) is 9.90 Å². The van der Waals surface area contributed by atoms with Crippen LogP contribution in [0.2, 0.25) is 0 Å². The van der Waals surface area contributed by atoms with E-state index in [0.717, 1.165) is 63.2 Å². The number of rotatable bonds is 10. The minimum absolute atomic E-state index is 0.254. The molecule has 1 aromatic carbocycles. The fourth-order valence-corrected chi connectivity index (χ4v) is 5.00. The highest BCUT2D eigenvalue weighted by Gasteiger charge is 2.41. The summed E-state index contributed by atoms with van der Waals surface area (Å²) in [6.07, 6.45) is 8.05. The molecule has 0 aliphatic carbocycles. The Morgan fingerprint density at radius 1 is 1.11 bits per heavy atom. The third-order valence-corrected chi connectivity index (χ3v) is 7.46. The van der Waals surface area contributed by atoms with Crippen molar-refractivity contribution in [2.24, 2.45) is 5.92 Å². The maximum Gasteiger partial charge on any atom is 0.311 e. The molecule has 6 heteroatoms. The van der Waals surface area contributed by atoms with Gasteiger partial charge in [-0.05, 0) is 75.6 Å².